The smallest absolute Gasteiger partial charge is 0.225 e. The van der Waals surface area contributed by atoms with E-state index in [-0.39, 0.29) is 27.9 Å². The second kappa shape index (κ2) is 7.42. The fourth-order valence-corrected chi connectivity index (χ4v) is 3.39. The van der Waals surface area contributed by atoms with Crippen LogP contribution in [0.4, 0.5) is 0 Å². The zero-order chi connectivity index (χ0) is 16.9. The Morgan fingerprint density at radius 1 is 0.952 bits per heavy atom. The standard InChI is InChI=1S/C18H35NO2/c1-9-10-18(7,8)15(21)19-13-17(5,6)12-16(3,4)11-14(2)20/h9-13H2,1-8H3,(H,19,21). The number of hydrogen-bond donors (Lipinski definition) is 1. The van der Waals surface area contributed by atoms with Gasteiger partial charge in [0.25, 0.3) is 0 Å². The van der Waals surface area contributed by atoms with E-state index < -0.39 is 0 Å². The van der Waals surface area contributed by atoms with Gasteiger partial charge in [0.15, 0.2) is 0 Å². The maximum atomic E-state index is 12.3. The molecule has 0 heterocycles. The third-order valence-corrected chi connectivity index (χ3v) is 3.90. The molecule has 0 aromatic carbocycles. The molecule has 0 aliphatic heterocycles. The summed E-state index contributed by atoms with van der Waals surface area (Å²) in [6.07, 6.45) is 3.41. The Morgan fingerprint density at radius 3 is 1.90 bits per heavy atom. The number of Topliss-reactive ketones (excluding diaryl/α,β-unsaturated/α-hetero) is 1. The van der Waals surface area contributed by atoms with Gasteiger partial charge in [0.1, 0.15) is 5.78 Å². The summed E-state index contributed by atoms with van der Waals surface area (Å²) in [5.41, 5.74) is -0.352. The van der Waals surface area contributed by atoms with Crippen LogP contribution in [0.25, 0.3) is 0 Å². The van der Waals surface area contributed by atoms with Crippen molar-refractivity contribution in [1.29, 1.82) is 0 Å². The Hall–Kier alpha value is -0.860. The average molecular weight is 297 g/mol. The fourth-order valence-electron chi connectivity index (χ4n) is 3.39. The van der Waals surface area contributed by atoms with Crippen LogP contribution in [0.3, 0.4) is 0 Å². The lowest BCUT2D eigenvalue weighted by Gasteiger charge is -2.35. The average Bonchev–Trinajstić information content (AvgIpc) is 2.22. The summed E-state index contributed by atoms with van der Waals surface area (Å²) in [6.45, 7) is 17.0. The quantitative estimate of drug-likeness (QED) is 0.687. The molecule has 1 N–H and O–H groups in total. The number of amides is 1. The van der Waals surface area contributed by atoms with Gasteiger partial charge in [0.2, 0.25) is 5.91 Å². The van der Waals surface area contributed by atoms with Gasteiger partial charge >= 0.3 is 0 Å². The van der Waals surface area contributed by atoms with E-state index in [0.717, 1.165) is 19.3 Å². The summed E-state index contributed by atoms with van der Waals surface area (Å²) >= 11 is 0. The van der Waals surface area contributed by atoms with Gasteiger partial charge in [-0.25, -0.2) is 0 Å². The lowest BCUT2D eigenvalue weighted by Crippen LogP contribution is -2.42. The van der Waals surface area contributed by atoms with E-state index in [4.69, 9.17) is 0 Å². The molecule has 0 rings (SSSR count). The predicted molar refractivity (Wildman–Crippen MR) is 89.2 cm³/mol. The number of hydrogen-bond acceptors (Lipinski definition) is 2. The molecular weight excluding hydrogens is 262 g/mol. The molecule has 0 radical (unpaired) electrons. The third-order valence-electron chi connectivity index (χ3n) is 3.90. The molecule has 0 aliphatic rings. The molecule has 0 atom stereocenters. The molecule has 0 saturated heterocycles. The number of rotatable bonds is 9. The number of carbonyl (C=O) groups is 2. The van der Waals surface area contributed by atoms with Gasteiger partial charge in [0.05, 0.1) is 0 Å². The van der Waals surface area contributed by atoms with Gasteiger partial charge in [-0.2, -0.15) is 0 Å². The van der Waals surface area contributed by atoms with Gasteiger partial charge < -0.3 is 10.1 Å². The van der Waals surface area contributed by atoms with Crippen molar-refractivity contribution >= 4 is 11.7 Å². The van der Waals surface area contributed by atoms with Crippen molar-refractivity contribution in [3.05, 3.63) is 0 Å². The van der Waals surface area contributed by atoms with Crippen LogP contribution in [0, 0.1) is 16.2 Å². The summed E-state index contributed by atoms with van der Waals surface area (Å²) in [7, 11) is 0. The van der Waals surface area contributed by atoms with Crippen LogP contribution < -0.4 is 5.32 Å². The van der Waals surface area contributed by atoms with Crippen molar-refractivity contribution in [2.45, 2.75) is 81.1 Å². The molecule has 0 bridgehead atoms. The second-order valence-corrected chi connectivity index (χ2v) is 8.70. The van der Waals surface area contributed by atoms with Crippen LogP contribution in [0.5, 0.6) is 0 Å². The molecule has 0 aliphatic carbocycles. The summed E-state index contributed by atoms with van der Waals surface area (Å²) in [5, 5.41) is 3.10. The SMILES string of the molecule is CCCC(C)(C)C(=O)NCC(C)(C)CC(C)(C)CC(C)=O. The van der Waals surface area contributed by atoms with E-state index >= 15 is 0 Å². The fraction of sp³-hybridized carbons (Fsp3) is 0.889. The highest BCUT2D eigenvalue weighted by Crippen LogP contribution is 2.36. The van der Waals surface area contributed by atoms with Crippen LogP contribution in [0.2, 0.25) is 0 Å². The van der Waals surface area contributed by atoms with Crippen LogP contribution in [0.1, 0.15) is 81.1 Å². The summed E-state index contributed by atoms with van der Waals surface area (Å²) in [5.74, 6) is 0.353. The van der Waals surface area contributed by atoms with Crippen molar-refractivity contribution in [2.24, 2.45) is 16.2 Å². The molecule has 124 valence electrons. The van der Waals surface area contributed by atoms with E-state index in [1.54, 1.807) is 6.92 Å². The highest BCUT2D eigenvalue weighted by Gasteiger charge is 2.32. The molecule has 3 heteroatoms. The van der Waals surface area contributed by atoms with E-state index in [1.165, 1.54) is 0 Å². The molecule has 0 saturated carbocycles. The van der Waals surface area contributed by atoms with E-state index in [0.29, 0.717) is 13.0 Å². The van der Waals surface area contributed by atoms with Crippen molar-refractivity contribution in [1.82, 2.24) is 5.32 Å². The zero-order valence-electron chi connectivity index (χ0n) is 15.4. The molecule has 0 spiro atoms. The maximum Gasteiger partial charge on any atom is 0.225 e. The summed E-state index contributed by atoms with van der Waals surface area (Å²) in [4.78, 5) is 23.6. The minimum atomic E-state index is -0.306. The highest BCUT2D eigenvalue weighted by atomic mass is 16.2. The first kappa shape index (κ1) is 20.1. The Labute approximate surface area is 131 Å². The number of nitrogens with one attached hydrogen (secondary N) is 1. The Kier molecular flexibility index (Phi) is 7.11. The molecule has 0 fully saturated rings. The van der Waals surface area contributed by atoms with Crippen LogP contribution >= 0.6 is 0 Å². The monoisotopic (exact) mass is 297 g/mol. The Bertz CT molecular complexity index is 367. The van der Waals surface area contributed by atoms with Gasteiger partial charge in [-0.05, 0) is 30.6 Å². The number of carbonyl (C=O) groups excluding carboxylic acids is 2. The first-order valence-electron chi connectivity index (χ1n) is 8.09. The summed E-state index contributed by atoms with van der Waals surface area (Å²) in [6, 6.07) is 0. The first-order valence-corrected chi connectivity index (χ1v) is 8.09. The normalized spacial score (nSPS) is 13.1. The van der Waals surface area contributed by atoms with E-state index in [1.807, 2.05) is 13.8 Å². The Morgan fingerprint density at radius 2 is 1.48 bits per heavy atom. The predicted octanol–water partition coefficient (Wildman–Crippen LogP) is 4.35. The minimum Gasteiger partial charge on any atom is -0.355 e. The van der Waals surface area contributed by atoms with Crippen molar-refractivity contribution < 1.29 is 9.59 Å². The van der Waals surface area contributed by atoms with Gasteiger partial charge in [-0.15, -0.1) is 0 Å². The number of ketones is 1. The van der Waals surface area contributed by atoms with E-state index in [9.17, 15) is 9.59 Å². The zero-order valence-corrected chi connectivity index (χ0v) is 15.4. The maximum absolute atomic E-state index is 12.3. The first-order chi connectivity index (χ1) is 9.31. The van der Waals surface area contributed by atoms with Crippen molar-refractivity contribution in [3.8, 4) is 0 Å². The van der Waals surface area contributed by atoms with Gasteiger partial charge in [0, 0.05) is 18.4 Å². The van der Waals surface area contributed by atoms with Crippen molar-refractivity contribution in [2.75, 3.05) is 6.54 Å². The molecule has 1 amide bonds. The molecule has 0 aromatic rings. The molecule has 21 heavy (non-hydrogen) atoms. The minimum absolute atomic E-state index is 0.0170. The topological polar surface area (TPSA) is 46.2 Å². The third kappa shape index (κ3) is 8.23. The van der Waals surface area contributed by atoms with Gasteiger partial charge in [-0.1, -0.05) is 54.9 Å². The largest absolute Gasteiger partial charge is 0.355 e. The molecule has 0 aromatic heterocycles. The van der Waals surface area contributed by atoms with Crippen LogP contribution in [0.15, 0.2) is 0 Å². The van der Waals surface area contributed by atoms with Gasteiger partial charge in [-0.3, -0.25) is 4.79 Å². The lowest BCUT2D eigenvalue weighted by molar-refractivity contribution is -0.130. The molecular formula is C18H35NO2. The van der Waals surface area contributed by atoms with Crippen LogP contribution in [-0.4, -0.2) is 18.2 Å². The Balaban J connectivity index is 4.55. The second-order valence-electron chi connectivity index (χ2n) is 8.70. The highest BCUT2D eigenvalue weighted by molar-refractivity contribution is 5.81. The van der Waals surface area contributed by atoms with Crippen LogP contribution in [-0.2, 0) is 9.59 Å². The van der Waals surface area contributed by atoms with E-state index in [2.05, 4.69) is 39.9 Å². The lowest BCUT2D eigenvalue weighted by atomic mass is 9.72. The van der Waals surface area contributed by atoms with Crippen molar-refractivity contribution in [3.63, 3.8) is 0 Å². The molecule has 0 unspecified atom stereocenters. The summed E-state index contributed by atoms with van der Waals surface area (Å²) < 4.78 is 0. The molecule has 3 nitrogen and oxygen atoms in total.